The van der Waals surface area contributed by atoms with Gasteiger partial charge in [0.15, 0.2) is 0 Å². The van der Waals surface area contributed by atoms with E-state index >= 15 is 0 Å². The lowest BCUT2D eigenvalue weighted by atomic mass is 9.92. The zero-order valence-corrected chi connectivity index (χ0v) is 20.9. The number of rotatable bonds is 4. The highest BCUT2D eigenvalue weighted by atomic mass is 127. The first-order chi connectivity index (χ1) is 16.1. The number of nitrogens with one attached hydrogen (secondary N) is 1. The highest BCUT2D eigenvalue weighted by Crippen LogP contribution is 2.54. The van der Waals surface area contributed by atoms with Crippen molar-refractivity contribution >= 4 is 39.9 Å². The first-order valence-electron chi connectivity index (χ1n) is 11.8. The van der Waals surface area contributed by atoms with Crippen LogP contribution < -0.4 is 15.8 Å². The first-order valence-corrected chi connectivity index (χ1v) is 12.9. The van der Waals surface area contributed by atoms with E-state index in [0.29, 0.717) is 11.0 Å². The lowest BCUT2D eigenvalue weighted by Crippen LogP contribution is -2.36. The molecule has 1 aromatic carbocycles. The van der Waals surface area contributed by atoms with Crippen LogP contribution in [0.5, 0.6) is 0 Å². The van der Waals surface area contributed by atoms with Crippen molar-refractivity contribution < 1.29 is 18.0 Å². The highest BCUT2D eigenvalue weighted by Gasteiger charge is 2.44. The summed E-state index contributed by atoms with van der Waals surface area (Å²) < 4.78 is 43.7. The van der Waals surface area contributed by atoms with Crippen LogP contribution in [0.25, 0.3) is 0 Å². The highest BCUT2D eigenvalue weighted by molar-refractivity contribution is 14.1. The van der Waals surface area contributed by atoms with Gasteiger partial charge in [0.2, 0.25) is 5.92 Å². The summed E-state index contributed by atoms with van der Waals surface area (Å²) in [5, 5.41) is 2.60. The minimum absolute atomic E-state index is 0.0848. The molecule has 0 atom stereocenters. The van der Waals surface area contributed by atoms with E-state index in [4.69, 9.17) is 0 Å². The fourth-order valence-electron chi connectivity index (χ4n) is 5.28. The molecule has 0 unspecified atom stereocenters. The largest absolute Gasteiger partial charge is 0.371 e. The van der Waals surface area contributed by atoms with Gasteiger partial charge in [-0.3, -0.25) is 9.59 Å². The van der Waals surface area contributed by atoms with Crippen LogP contribution in [0, 0.1) is 14.8 Å². The average molecular weight is 585 g/mol. The number of hydrogen-bond donors (Lipinski definition) is 1. The molecule has 182 valence electrons. The van der Waals surface area contributed by atoms with Gasteiger partial charge in [0.1, 0.15) is 11.5 Å². The first kappa shape index (κ1) is 23.7. The quantitative estimate of drug-likeness (QED) is 0.450. The normalized spacial score (nSPS) is 21.5. The number of anilines is 2. The van der Waals surface area contributed by atoms with Gasteiger partial charge >= 0.3 is 0 Å². The van der Waals surface area contributed by atoms with E-state index in [1.807, 2.05) is 12.1 Å². The number of amides is 1. The molecule has 2 aromatic rings. The molecule has 0 bridgehead atoms. The molecule has 1 aromatic heterocycles. The predicted octanol–water partition coefficient (Wildman–Crippen LogP) is 5.98. The second-order valence-corrected chi connectivity index (χ2v) is 11.2. The van der Waals surface area contributed by atoms with Crippen molar-refractivity contribution in [1.29, 1.82) is 0 Å². The third-order valence-corrected chi connectivity index (χ3v) is 8.34. The zero-order valence-electron chi connectivity index (χ0n) is 18.8. The fraction of sp³-hybridized carbons (Fsp3) is 0.520. The van der Waals surface area contributed by atoms with E-state index in [1.165, 1.54) is 12.8 Å². The van der Waals surface area contributed by atoms with Gasteiger partial charge in [-0.1, -0.05) is 0 Å². The molecule has 0 radical (unpaired) electrons. The van der Waals surface area contributed by atoms with Gasteiger partial charge in [0, 0.05) is 47.8 Å². The number of hydrogen-bond acceptors (Lipinski definition) is 3. The minimum atomic E-state index is -2.75. The van der Waals surface area contributed by atoms with Gasteiger partial charge in [-0.25, -0.2) is 13.2 Å². The van der Waals surface area contributed by atoms with Gasteiger partial charge in [-0.2, -0.15) is 0 Å². The van der Waals surface area contributed by atoms with Crippen LogP contribution in [0.2, 0.25) is 0 Å². The lowest BCUT2D eigenvalue weighted by molar-refractivity contribution is -0.0442. The standard InChI is InChI=1S/C25H27F3IN3O2/c26-16-13-20(23(34)32(15-16)18-3-5-25(27,28)6-4-18)30-22(33)19-2-1-17(29)14-21(19)31-11-9-24(7-8-24)10-12-31/h1-2,13-15,18H,3-12H2,(H,30,33). The monoisotopic (exact) mass is 585 g/mol. The Morgan fingerprint density at radius 1 is 1.03 bits per heavy atom. The molecular weight excluding hydrogens is 558 g/mol. The minimum Gasteiger partial charge on any atom is -0.371 e. The maximum atomic E-state index is 14.4. The Morgan fingerprint density at radius 3 is 2.35 bits per heavy atom. The molecule has 34 heavy (non-hydrogen) atoms. The van der Waals surface area contributed by atoms with Crippen LogP contribution in [0.4, 0.5) is 24.5 Å². The molecular formula is C25H27F3IN3O2. The van der Waals surface area contributed by atoms with Crippen molar-refractivity contribution in [3.8, 4) is 0 Å². The lowest BCUT2D eigenvalue weighted by Gasteiger charge is -2.35. The Balaban J connectivity index is 1.39. The topological polar surface area (TPSA) is 54.3 Å². The number of carbonyl (C=O) groups is 1. The van der Waals surface area contributed by atoms with E-state index in [1.54, 1.807) is 6.07 Å². The van der Waals surface area contributed by atoms with Crippen molar-refractivity contribution in [3.05, 3.63) is 55.8 Å². The fourth-order valence-corrected chi connectivity index (χ4v) is 5.75. The summed E-state index contributed by atoms with van der Waals surface area (Å²) in [6.07, 6.45) is 5.31. The van der Waals surface area contributed by atoms with Gasteiger partial charge in [0.25, 0.3) is 11.5 Å². The summed E-state index contributed by atoms with van der Waals surface area (Å²) in [7, 11) is 0. The average Bonchev–Trinajstić information content (AvgIpc) is 3.55. The van der Waals surface area contributed by atoms with Crippen molar-refractivity contribution in [1.82, 2.24) is 4.57 Å². The molecule has 1 amide bonds. The third kappa shape index (κ3) is 4.85. The second kappa shape index (κ2) is 8.87. The summed E-state index contributed by atoms with van der Waals surface area (Å²) in [4.78, 5) is 28.5. The third-order valence-electron chi connectivity index (χ3n) is 7.66. The molecule has 3 aliphatic rings. The number of alkyl halides is 2. The second-order valence-electron chi connectivity index (χ2n) is 9.97. The van der Waals surface area contributed by atoms with Crippen LogP contribution in [0.1, 0.15) is 67.8 Å². The van der Waals surface area contributed by atoms with Gasteiger partial charge < -0.3 is 14.8 Å². The number of halogens is 4. The van der Waals surface area contributed by atoms with Crippen LogP contribution in [-0.4, -0.2) is 29.5 Å². The van der Waals surface area contributed by atoms with E-state index in [2.05, 4.69) is 32.8 Å². The molecule has 1 spiro atoms. The van der Waals surface area contributed by atoms with Gasteiger partial charge in [-0.15, -0.1) is 0 Å². The maximum Gasteiger partial charge on any atom is 0.274 e. The molecule has 9 heteroatoms. The number of aromatic nitrogens is 1. The van der Waals surface area contributed by atoms with Crippen molar-refractivity contribution in [3.63, 3.8) is 0 Å². The van der Waals surface area contributed by atoms with E-state index in [0.717, 1.165) is 52.0 Å². The van der Waals surface area contributed by atoms with Crippen LogP contribution in [0.3, 0.4) is 0 Å². The number of pyridine rings is 1. The Hall–Kier alpha value is -2.04. The zero-order chi connectivity index (χ0) is 24.1. The number of nitrogens with zero attached hydrogens (tertiary/aromatic N) is 2. The number of carbonyl (C=O) groups excluding carboxylic acids is 1. The van der Waals surface area contributed by atoms with Crippen molar-refractivity contribution in [2.75, 3.05) is 23.3 Å². The molecule has 3 fully saturated rings. The smallest absolute Gasteiger partial charge is 0.274 e. The van der Waals surface area contributed by atoms with Crippen LogP contribution >= 0.6 is 22.6 Å². The Bertz CT molecular complexity index is 1160. The van der Waals surface area contributed by atoms with Crippen molar-refractivity contribution in [2.45, 2.75) is 63.3 Å². The number of benzene rings is 1. The molecule has 2 heterocycles. The Morgan fingerprint density at radius 2 is 1.71 bits per heavy atom. The Labute approximate surface area is 209 Å². The maximum absolute atomic E-state index is 14.4. The van der Waals surface area contributed by atoms with Crippen LogP contribution in [0.15, 0.2) is 35.3 Å². The summed E-state index contributed by atoms with van der Waals surface area (Å²) in [5.74, 6) is -3.93. The Kier molecular flexibility index (Phi) is 6.18. The molecule has 2 saturated carbocycles. The number of piperidine rings is 1. The van der Waals surface area contributed by atoms with Gasteiger partial charge in [0.05, 0.1) is 11.3 Å². The summed E-state index contributed by atoms with van der Waals surface area (Å²) in [6.45, 7) is 1.75. The summed E-state index contributed by atoms with van der Waals surface area (Å²) >= 11 is 2.21. The molecule has 1 aliphatic heterocycles. The molecule has 1 N–H and O–H groups in total. The van der Waals surface area contributed by atoms with E-state index in [9.17, 15) is 22.8 Å². The van der Waals surface area contributed by atoms with E-state index < -0.39 is 29.2 Å². The molecule has 5 nitrogen and oxygen atoms in total. The SMILES string of the molecule is O=C(Nc1cc(F)cn(C2CCC(F)(F)CC2)c1=O)c1ccc(I)cc1N1CCC2(CC1)CC2. The van der Waals surface area contributed by atoms with Gasteiger partial charge in [-0.05, 0) is 84.7 Å². The summed E-state index contributed by atoms with van der Waals surface area (Å²) in [6, 6.07) is 6.01. The van der Waals surface area contributed by atoms with Crippen LogP contribution in [-0.2, 0) is 0 Å². The molecule has 1 saturated heterocycles. The summed E-state index contributed by atoms with van der Waals surface area (Å²) in [5.41, 5.74) is 0.982. The van der Waals surface area contributed by atoms with Crippen molar-refractivity contribution in [2.24, 2.45) is 5.41 Å². The predicted molar refractivity (Wildman–Crippen MR) is 133 cm³/mol. The molecule has 5 rings (SSSR count). The van der Waals surface area contributed by atoms with E-state index in [-0.39, 0.29) is 31.4 Å². The molecule has 2 aliphatic carbocycles.